The average Bonchev–Trinajstić information content (AvgIpc) is 2.94. The molecule has 2 aromatic rings. The van der Waals surface area contributed by atoms with Crippen LogP contribution >= 0.6 is 0 Å². The normalized spacial score (nSPS) is 14.7. The van der Waals surface area contributed by atoms with Crippen LogP contribution in [0.2, 0.25) is 0 Å². The monoisotopic (exact) mass is 259 g/mol. The highest BCUT2D eigenvalue weighted by Gasteiger charge is 2.26. The lowest BCUT2D eigenvalue weighted by Gasteiger charge is -2.26. The van der Waals surface area contributed by atoms with Gasteiger partial charge in [-0.25, -0.2) is 0 Å². The van der Waals surface area contributed by atoms with Crippen LogP contribution in [0.4, 0.5) is 5.69 Å². The van der Waals surface area contributed by atoms with Crippen LogP contribution in [0.1, 0.15) is 38.3 Å². The van der Waals surface area contributed by atoms with E-state index in [4.69, 9.17) is 4.74 Å². The molecule has 0 saturated carbocycles. The highest BCUT2D eigenvalue weighted by molar-refractivity contribution is 5.95. The van der Waals surface area contributed by atoms with Gasteiger partial charge < -0.3 is 10.1 Å². The minimum absolute atomic E-state index is 0.0112. The molecule has 0 atom stereocenters. The third-order valence-electron chi connectivity index (χ3n) is 3.64. The van der Waals surface area contributed by atoms with Crippen LogP contribution in [-0.4, -0.2) is 22.8 Å². The number of methoxy groups -OCH3 is 1. The summed E-state index contributed by atoms with van der Waals surface area (Å²) in [5.74, 6) is 0.892. The van der Waals surface area contributed by atoms with Crippen LogP contribution in [0.15, 0.2) is 6.20 Å². The summed E-state index contributed by atoms with van der Waals surface area (Å²) < 4.78 is 5.65. The first-order chi connectivity index (χ1) is 9.01. The van der Waals surface area contributed by atoms with Gasteiger partial charge in [-0.3, -0.25) is 5.10 Å². The summed E-state index contributed by atoms with van der Waals surface area (Å²) in [4.78, 5) is 0. The van der Waals surface area contributed by atoms with Crippen molar-refractivity contribution in [1.82, 2.24) is 10.2 Å². The molecule has 2 N–H and O–H groups in total. The maximum atomic E-state index is 5.65. The zero-order chi connectivity index (χ0) is 13.6. The Morgan fingerprint density at radius 2 is 2.00 bits per heavy atom. The van der Waals surface area contributed by atoms with E-state index in [0.717, 1.165) is 29.8 Å². The van der Waals surface area contributed by atoms with Gasteiger partial charge in [0.25, 0.3) is 0 Å². The van der Waals surface area contributed by atoms with E-state index in [1.54, 1.807) is 7.11 Å². The Kier molecular flexibility index (Phi) is 2.69. The number of nitrogens with zero attached hydrogens (tertiary/aromatic N) is 1. The molecule has 1 heterocycles. The first-order valence-electron chi connectivity index (χ1n) is 6.84. The first-order valence-corrected chi connectivity index (χ1v) is 6.84. The fourth-order valence-corrected chi connectivity index (χ4v) is 2.98. The smallest absolute Gasteiger partial charge is 0.167 e. The summed E-state index contributed by atoms with van der Waals surface area (Å²) >= 11 is 0. The average molecular weight is 259 g/mol. The highest BCUT2D eigenvalue weighted by atomic mass is 16.5. The Morgan fingerprint density at radius 1 is 1.26 bits per heavy atom. The molecule has 1 aliphatic rings. The van der Waals surface area contributed by atoms with E-state index in [1.807, 2.05) is 6.20 Å². The molecular weight excluding hydrogens is 238 g/mol. The molecule has 0 bridgehead atoms. The second kappa shape index (κ2) is 4.15. The fraction of sp³-hybridized carbons (Fsp3) is 0.533. The highest BCUT2D eigenvalue weighted by Crippen LogP contribution is 2.43. The molecule has 0 unspecified atom stereocenters. The fourth-order valence-electron chi connectivity index (χ4n) is 2.98. The van der Waals surface area contributed by atoms with Crippen molar-refractivity contribution >= 4 is 16.6 Å². The van der Waals surface area contributed by atoms with Gasteiger partial charge >= 0.3 is 0 Å². The molecule has 0 amide bonds. The van der Waals surface area contributed by atoms with E-state index in [9.17, 15) is 0 Å². The summed E-state index contributed by atoms with van der Waals surface area (Å²) in [5, 5.41) is 12.1. The number of ether oxygens (including phenoxy) is 1. The van der Waals surface area contributed by atoms with E-state index in [1.165, 1.54) is 22.9 Å². The lowest BCUT2D eigenvalue weighted by Crippen LogP contribution is -2.27. The minimum Gasteiger partial charge on any atom is -0.492 e. The Morgan fingerprint density at radius 3 is 2.68 bits per heavy atom. The number of H-pyrrole nitrogens is 1. The van der Waals surface area contributed by atoms with Crippen molar-refractivity contribution in [1.29, 1.82) is 0 Å². The molecule has 102 valence electrons. The zero-order valence-corrected chi connectivity index (χ0v) is 12.1. The van der Waals surface area contributed by atoms with Crippen molar-refractivity contribution in [2.45, 2.75) is 45.6 Å². The van der Waals surface area contributed by atoms with Gasteiger partial charge in [0.1, 0.15) is 5.52 Å². The summed E-state index contributed by atoms with van der Waals surface area (Å²) in [7, 11) is 1.73. The Bertz CT molecular complexity index is 622. The van der Waals surface area contributed by atoms with Gasteiger partial charge in [-0.15, -0.1) is 0 Å². The van der Waals surface area contributed by atoms with E-state index in [2.05, 4.69) is 36.3 Å². The van der Waals surface area contributed by atoms with E-state index >= 15 is 0 Å². The third kappa shape index (κ3) is 1.95. The van der Waals surface area contributed by atoms with Gasteiger partial charge in [-0.05, 0) is 51.2 Å². The Labute approximate surface area is 113 Å². The number of hydrogen-bond acceptors (Lipinski definition) is 3. The summed E-state index contributed by atoms with van der Waals surface area (Å²) in [6.45, 7) is 6.51. The minimum atomic E-state index is 0.0112. The van der Waals surface area contributed by atoms with Gasteiger partial charge in [-0.2, -0.15) is 5.10 Å². The number of aromatic nitrogens is 2. The number of aromatic amines is 1. The van der Waals surface area contributed by atoms with Crippen LogP contribution in [0.3, 0.4) is 0 Å². The van der Waals surface area contributed by atoms with E-state index in [-0.39, 0.29) is 5.54 Å². The molecule has 1 aliphatic carbocycles. The van der Waals surface area contributed by atoms with Gasteiger partial charge in [-0.1, -0.05) is 0 Å². The molecule has 4 nitrogen and oxygen atoms in total. The largest absolute Gasteiger partial charge is 0.492 e. The van der Waals surface area contributed by atoms with Gasteiger partial charge in [0.05, 0.1) is 19.0 Å². The van der Waals surface area contributed by atoms with Crippen molar-refractivity contribution in [3.63, 3.8) is 0 Å². The first kappa shape index (κ1) is 12.3. The molecule has 1 aromatic heterocycles. The van der Waals surface area contributed by atoms with Crippen LogP contribution in [0.25, 0.3) is 10.9 Å². The molecule has 0 aliphatic heterocycles. The van der Waals surface area contributed by atoms with Crippen molar-refractivity contribution in [2.75, 3.05) is 12.4 Å². The second-order valence-corrected chi connectivity index (χ2v) is 6.25. The maximum absolute atomic E-state index is 5.65. The SMILES string of the molecule is COc1c(NC(C)(C)C)c2c(c3cn[nH]c13)CCC2. The number of nitrogens with one attached hydrogen (secondary N) is 2. The molecule has 3 rings (SSSR count). The number of aryl methyl sites for hydroxylation is 1. The van der Waals surface area contributed by atoms with Gasteiger partial charge in [0.2, 0.25) is 0 Å². The molecule has 0 spiro atoms. The standard InChI is InChI=1S/C15H21N3O/c1-15(2,3)17-12-10-7-5-6-9(10)11-8-16-18-13(11)14(12)19-4/h8,17H,5-7H2,1-4H3,(H,16,18). The Balaban J connectivity index is 2.29. The molecule has 19 heavy (non-hydrogen) atoms. The van der Waals surface area contributed by atoms with E-state index < -0.39 is 0 Å². The number of anilines is 1. The maximum Gasteiger partial charge on any atom is 0.167 e. The lowest BCUT2D eigenvalue weighted by molar-refractivity contribution is 0.418. The molecule has 1 aromatic carbocycles. The van der Waals surface area contributed by atoms with Crippen molar-refractivity contribution in [2.24, 2.45) is 0 Å². The lowest BCUT2D eigenvalue weighted by atomic mass is 10.00. The van der Waals surface area contributed by atoms with Crippen LogP contribution in [-0.2, 0) is 12.8 Å². The Hall–Kier alpha value is -1.71. The molecule has 4 heteroatoms. The second-order valence-electron chi connectivity index (χ2n) is 6.25. The zero-order valence-electron chi connectivity index (χ0n) is 12.1. The molecule has 0 fully saturated rings. The van der Waals surface area contributed by atoms with Crippen LogP contribution in [0, 0.1) is 0 Å². The van der Waals surface area contributed by atoms with Gasteiger partial charge in [0.15, 0.2) is 5.75 Å². The predicted molar refractivity (Wildman–Crippen MR) is 78.0 cm³/mol. The van der Waals surface area contributed by atoms with Crippen LogP contribution in [0.5, 0.6) is 5.75 Å². The topological polar surface area (TPSA) is 49.9 Å². The molecule has 0 radical (unpaired) electrons. The molecular formula is C15H21N3O. The number of fused-ring (bicyclic) bond motifs is 3. The van der Waals surface area contributed by atoms with Crippen molar-refractivity contribution in [3.8, 4) is 5.75 Å². The number of hydrogen-bond donors (Lipinski definition) is 2. The summed E-state index contributed by atoms with van der Waals surface area (Å²) in [6.07, 6.45) is 5.38. The number of rotatable bonds is 2. The summed E-state index contributed by atoms with van der Waals surface area (Å²) in [6, 6.07) is 0. The van der Waals surface area contributed by atoms with Gasteiger partial charge in [0, 0.05) is 10.9 Å². The summed E-state index contributed by atoms with van der Waals surface area (Å²) in [5.41, 5.74) is 4.99. The number of benzene rings is 1. The van der Waals surface area contributed by atoms with Crippen LogP contribution < -0.4 is 10.1 Å². The molecule has 0 saturated heterocycles. The van der Waals surface area contributed by atoms with Crippen molar-refractivity contribution < 1.29 is 4.74 Å². The van der Waals surface area contributed by atoms with Crippen molar-refractivity contribution in [3.05, 3.63) is 17.3 Å². The third-order valence-corrected chi connectivity index (χ3v) is 3.64. The van der Waals surface area contributed by atoms with E-state index in [0.29, 0.717) is 0 Å². The predicted octanol–water partition coefficient (Wildman–Crippen LogP) is 3.27. The quantitative estimate of drug-likeness (QED) is 0.870.